The van der Waals surface area contributed by atoms with Crippen LogP contribution in [0.25, 0.3) is 16.8 Å². The quantitative estimate of drug-likeness (QED) is 0.307. The normalized spacial score (nSPS) is 11.2. The first-order valence-electron chi connectivity index (χ1n) is 10.0. The van der Waals surface area contributed by atoms with Crippen molar-refractivity contribution in [3.8, 4) is 16.8 Å². The van der Waals surface area contributed by atoms with E-state index in [-0.39, 0.29) is 16.9 Å². The van der Waals surface area contributed by atoms with Crippen LogP contribution in [0.1, 0.15) is 27.2 Å². The van der Waals surface area contributed by atoms with E-state index in [1.54, 1.807) is 43.3 Å². The number of carbonyl (C=O) groups excluding carboxylic acids is 1. The van der Waals surface area contributed by atoms with Crippen molar-refractivity contribution < 1.29 is 9.18 Å². The summed E-state index contributed by atoms with van der Waals surface area (Å²) in [6.07, 6.45) is 0.709. The number of hydrogen-bond acceptors (Lipinski definition) is 4. The summed E-state index contributed by atoms with van der Waals surface area (Å²) in [6, 6.07) is 17.1. The number of carbonyl (C=O) groups is 1. The van der Waals surface area contributed by atoms with Gasteiger partial charge in [-0.1, -0.05) is 36.4 Å². The molecule has 0 spiro atoms. The summed E-state index contributed by atoms with van der Waals surface area (Å²) in [6.45, 7) is 5.69. The number of aromatic amines is 1. The summed E-state index contributed by atoms with van der Waals surface area (Å²) in [5.74, 6) is -0.582. The molecule has 0 saturated heterocycles. The molecule has 6 nitrogen and oxygen atoms in total. The average molecular weight is 428 g/mol. The number of nitrogens with zero attached hydrogens (tertiary/aromatic N) is 3. The lowest BCUT2D eigenvalue weighted by Gasteiger charge is -2.05. The Morgan fingerprint density at radius 2 is 1.72 bits per heavy atom. The summed E-state index contributed by atoms with van der Waals surface area (Å²) in [7, 11) is 0. The Balaban J connectivity index is 1.71. The van der Waals surface area contributed by atoms with Crippen molar-refractivity contribution in [1.29, 1.82) is 0 Å². The van der Waals surface area contributed by atoms with Crippen LogP contribution in [0.3, 0.4) is 0 Å². The maximum atomic E-state index is 15.1. The average Bonchev–Trinajstić information content (AvgIpc) is 3.08. The van der Waals surface area contributed by atoms with E-state index >= 15 is 4.39 Å². The molecule has 4 rings (SSSR count). The third kappa shape index (κ3) is 3.92. The highest BCUT2D eigenvalue weighted by Gasteiger charge is 2.14. The molecule has 4 aromatic rings. The molecule has 0 radical (unpaired) electrons. The van der Waals surface area contributed by atoms with Gasteiger partial charge in [-0.15, -0.1) is 10.2 Å². The number of benzene rings is 3. The van der Waals surface area contributed by atoms with Gasteiger partial charge < -0.3 is 0 Å². The molecule has 0 atom stereocenters. The zero-order chi connectivity index (χ0) is 22.8. The van der Waals surface area contributed by atoms with Gasteiger partial charge in [0.05, 0.1) is 11.4 Å². The van der Waals surface area contributed by atoms with E-state index in [4.69, 9.17) is 0 Å². The number of nitrogens with one attached hydrogen (secondary N) is 1. The lowest BCUT2D eigenvalue weighted by Crippen LogP contribution is -2.14. The van der Waals surface area contributed by atoms with Crippen LogP contribution >= 0.6 is 0 Å². The molecule has 1 heterocycles. The van der Waals surface area contributed by atoms with Crippen LogP contribution in [-0.4, -0.2) is 16.1 Å². The highest BCUT2D eigenvalue weighted by molar-refractivity contribution is 5.79. The fourth-order valence-corrected chi connectivity index (χ4v) is 3.41. The van der Waals surface area contributed by atoms with E-state index < -0.39 is 5.82 Å². The molecule has 1 N–H and O–H groups in total. The van der Waals surface area contributed by atoms with Gasteiger partial charge in [-0.05, 0) is 61.7 Å². The Bertz CT molecular complexity index is 1420. The first-order chi connectivity index (χ1) is 15.4. The van der Waals surface area contributed by atoms with Crippen molar-refractivity contribution in [1.82, 2.24) is 9.78 Å². The first kappa shape index (κ1) is 21.1. The lowest BCUT2D eigenvalue weighted by molar-refractivity contribution is 0.112. The van der Waals surface area contributed by atoms with Gasteiger partial charge in [0.1, 0.15) is 12.0 Å². The number of H-pyrrole nitrogens is 1. The molecule has 160 valence electrons. The van der Waals surface area contributed by atoms with Crippen LogP contribution in [0.2, 0.25) is 0 Å². The third-order valence-electron chi connectivity index (χ3n) is 5.36. The molecule has 0 saturated carbocycles. The Kier molecular flexibility index (Phi) is 5.64. The van der Waals surface area contributed by atoms with Gasteiger partial charge in [0, 0.05) is 11.1 Å². The van der Waals surface area contributed by atoms with Crippen LogP contribution in [0.15, 0.2) is 75.7 Å². The summed E-state index contributed by atoms with van der Waals surface area (Å²) < 4.78 is 16.5. The summed E-state index contributed by atoms with van der Waals surface area (Å²) in [5, 5.41) is 11.1. The molecule has 0 aliphatic carbocycles. The predicted octanol–water partition coefficient (Wildman–Crippen LogP) is 6.12. The van der Waals surface area contributed by atoms with Gasteiger partial charge in [0.25, 0.3) is 5.56 Å². The highest BCUT2D eigenvalue weighted by Crippen LogP contribution is 2.30. The zero-order valence-corrected chi connectivity index (χ0v) is 17.9. The smallest absolute Gasteiger partial charge is 0.298 e. The summed E-state index contributed by atoms with van der Waals surface area (Å²) in [4.78, 5) is 23.9. The second-order valence-electron chi connectivity index (χ2n) is 7.58. The molecular formula is C25H21FN4O2. The van der Waals surface area contributed by atoms with E-state index in [0.29, 0.717) is 34.4 Å². The maximum Gasteiger partial charge on any atom is 0.299 e. The number of rotatable bonds is 5. The Labute approximate surface area is 184 Å². The van der Waals surface area contributed by atoms with E-state index in [9.17, 15) is 9.59 Å². The monoisotopic (exact) mass is 428 g/mol. The van der Waals surface area contributed by atoms with Crippen LogP contribution in [0, 0.1) is 26.6 Å². The predicted molar refractivity (Wildman–Crippen MR) is 122 cm³/mol. The molecule has 0 unspecified atom stereocenters. The number of halogens is 1. The van der Waals surface area contributed by atoms with E-state index in [2.05, 4.69) is 15.3 Å². The Morgan fingerprint density at radius 3 is 2.47 bits per heavy atom. The molecule has 3 aromatic carbocycles. The largest absolute Gasteiger partial charge is 0.299 e. The van der Waals surface area contributed by atoms with Gasteiger partial charge in [0.2, 0.25) is 0 Å². The molecule has 32 heavy (non-hydrogen) atoms. The van der Waals surface area contributed by atoms with Crippen molar-refractivity contribution in [3.63, 3.8) is 0 Å². The Morgan fingerprint density at radius 1 is 0.938 bits per heavy atom. The standard InChI is InChI=1S/C25H21FN4O2/c1-15-10-11-20(12-16(15)2)30-25(32)24(17(3)29-30)28-27-22-9-5-8-21(23(22)26)19-7-4-6-18(13-19)14-31/h4-14,29H,1-3H3. The fraction of sp³-hybridized carbons (Fsp3) is 0.120. The number of aldehydes is 1. The summed E-state index contributed by atoms with van der Waals surface area (Å²) in [5.41, 5.74) is 4.42. The van der Waals surface area contributed by atoms with Gasteiger partial charge >= 0.3 is 0 Å². The molecular weight excluding hydrogens is 407 g/mol. The lowest BCUT2D eigenvalue weighted by atomic mass is 10.0. The fourth-order valence-electron chi connectivity index (χ4n) is 3.41. The van der Waals surface area contributed by atoms with Crippen molar-refractivity contribution in [3.05, 3.63) is 99.2 Å². The number of hydrogen-bond donors (Lipinski definition) is 1. The highest BCUT2D eigenvalue weighted by atomic mass is 19.1. The molecule has 0 fully saturated rings. The minimum atomic E-state index is -0.582. The van der Waals surface area contributed by atoms with Gasteiger partial charge in [0.15, 0.2) is 11.5 Å². The first-order valence-corrected chi connectivity index (χ1v) is 10.0. The van der Waals surface area contributed by atoms with Crippen molar-refractivity contribution in [2.45, 2.75) is 20.8 Å². The van der Waals surface area contributed by atoms with Gasteiger partial charge in [-0.3, -0.25) is 14.7 Å². The summed E-state index contributed by atoms with van der Waals surface area (Å²) >= 11 is 0. The number of aromatic nitrogens is 2. The minimum Gasteiger partial charge on any atom is -0.298 e. The molecule has 0 bridgehead atoms. The van der Waals surface area contributed by atoms with Crippen molar-refractivity contribution in [2.24, 2.45) is 10.2 Å². The van der Waals surface area contributed by atoms with Crippen molar-refractivity contribution in [2.75, 3.05) is 0 Å². The van der Waals surface area contributed by atoms with E-state index in [1.807, 2.05) is 32.0 Å². The SMILES string of the molecule is Cc1ccc(-n2[nH]c(C)c(N=Nc3cccc(-c4cccc(C=O)c4)c3F)c2=O)cc1C. The zero-order valence-electron chi connectivity index (χ0n) is 17.9. The molecule has 7 heteroatoms. The molecule has 1 aromatic heterocycles. The molecule has 0 amide bonds. The third-order valence-corrected chi connectivity index (χ3v) is 5.36. The van der Waals surface area contributed by atoms with E-state index in [1.165, 1.54) is 10.7 Å². The van der Waals surface area contributed by atoms with Crippen LogP contribution in [0.4, 0.5) is 15.8 Å². The van der Waals surface area contributed by atoms with Gasteiger partial charge in [-0.2, -0.15) is 0 Å². The maximum absolute atomic E-state index is 15.1. The second kappa shape index (κ2) is 8.55. The molecule has 0 aliphatic rings. The topological polar surface area (TPSA) is 79.6 Å². The number of azo groups is 1. The minimum absolute atomic E-state index is 0.00302. The second-order valence-corrected chi connectivity index (χ2v) is 7.58. The van der Waals surface area contributed by atoms with Crippen LogP contribution in [-0.2, 0) is 0 Å². The Hall–Kier alpha value is -4.13. The van der Waals surface area contributed by atoms with E-state index in [0.717, 1.165) is 11.1 Å². The van der Waals surface area contributed by atoms with Gasteiger partial charge in [-0.25, -0.2) is 9.07 Å². The van der Waals surface area contributed by atoms with Crippen molar-refractivity contribution >= 4 is 17.7 Å². The molecule has 0 aliphatic heterocycles. The number of aryl methyl sites for hydroxylation is 3. The van der Waals surface area contributed by atoms with Crippen LogP contribution < -0.4 is 5.56 Å². The van der Waals surface area contributed by atoms with Crippen LogP contribution in [0.5, 0.6) is 0 Å².